The number of rotatable bonds is 5. The fourth-order valence-electron chi connectivity index (χ4n) is 1.47. The van der Waals surface area contributed by atoms with E-state index >= 15 is 0 Å². The molecular weight excluding hydrogens is 354 g/mol. The quantitative estimate of drug-likeness (QED) is 0.554. The van der Waals surface area contributed by atoms with E-state index in [1.54, 1.807) is 0 Å². The number of carbonyl (C=O) groups excluding carboxylic acids is 1. The number of hydrogen-bond acceptors (Lipinski definition) is 2. The molecular formula is C12H11ClF6N2O2. The summed E-state index contributed by atoms with van der Waals surface area (Å²) in [6, 6.07) is 1.84. The molecule has 0 aliphatic carbocycles. The van der Waals surface area contributed by atoms with Crippen molar-refractivity contribution in [3.05, 3.63) is 29.8 Å². The number of hydrogen-bond donors (Lipinski definition) is 3. The second kappa shape index (κ2) is 6.83. The van der Waals surface area contributed by atoms with Gasteiger partial charge >= 0.3 is 24.0 Å². The standard InChI is InChI=1S/C12H11ClF6N2O2/c13-5-6-20-9(22)21-8-3-1-7(2-4-8)10(14,15)11(16,23)12(17,18)19/h1-4,23H,5-6H2,(H2,20,21,22). The number of nitrogens with one attached hydrogen (secondary N) is 2. The van der Waals surface area contributed by atoms with Crippen LogP contribution in [0.5, 0.6) is 0 Å². The molecule has 1 aromatic carbocycles. The molecule has 0 fully saturated rings. The van der Waals surface area contributed by atoms with E-state index in [2.05, 4.69) is 10.6 Å². The lowest BCUT2D eigenvalue weighted by Gasteiger charge is -2.30. The predicted octanol–water partition coefficient (Wildman–Crippen LogP) is 3.36. The number of urea groups is 1. The van der Waals surface area contributed by atoms with Gasteiger partial charge in [0.25, 0.3) is 0 Å². The zero-order chi connectivity index (χ0) is 17.9. The Morgan fingerprint density at radius 2 is 1.61 bits per heavy atom. The van der Waals surface area contributed by atoms with Crippen molar-refractivity contribution in [2.24, 2.45) is 0 Å². The van der Waals surface area contributed by atoms with Gasteiger partial charge in [0, 0.05) is 23.7 Å². The van der Waals surface area contributed by atoms with Gasteiger partial charge in [0.15, 0.2) is 0 Å². The van der Waals surface area contributed by atoms with Crippen LogP contribution in [-0.4, -0.2) is 35.6 Å². The van der Waals surface area contributed by atoms with Crippen LogP contribution in [0.15, 0.2) is 24.3 Å². The van der Waals surface area contributed by atoms with E-state index in [1.807, 2.05) is 0 Å². The van der Waals surface area contributed by atoms with E-state index in [9.17, 15) is 31.1 Å². The van der Waals surface area contributed by atoms with Crippen LogP contribution in [0.4, 0.5) is 36.8 Å². The summed E-state index contributed by atoms with van der Waals surface area (Å²) in [7, 11) is 0. The molecule has 11 heteroatoms. The highest BCUT2D eigenvalue weighted by Gasteiger charge is 2.71. The van der Waals surface area contributed by atoms with Gasteiger partial charge in [-0.25, -0.2) is 4.79 Å². The molecule has 130 valence electrons. The topological polar surface area (TPSA) is 61.4 Å². The molecule has 1 atom stereocenters. The Balaban J connectivity index is 2.93. The zero-order valence-electron chi connectivity index (χ0n) is 11.2. The van der Waals surface area contributed by atoms with Crippen molar-refractivity contribution in [1.29, 1.82) is 0 Å². The number of amides is 2. The van der Waals surface area contributed by atoms with E-state index in [1.165, 1.54) is 0 Å². The summed E-state index contributed by atoms with van der Waals surface area (Å²) in [6.07, 6.45) is -6.19. The van der Waals surface area contributed by atoms with Gasteiger partial charge in [-0.1, -0.05) is 12.1 Å². The lowest BCUT2D eigenvalue weighted by Crippen LogP contribution is -2.53. The summed E-state index contributed by atoms with van der Waals surface area (Å²) in [4.78, 5) is 11.3. The minimum absolute atomic E-state index is 0.0361. The van der Waals surface area contributed by atoms with Gasteiger partial charge in [-0.3, -0.25) is 0 Å². The smallest absolute Gasteiger partial charge is 0.350 e. The minimum atomic E-state index is -6.19. The van der Waals surface area contributed by atoms with Crippen molar-refractivity contribution < 1.29 is 36.2 Å². The summed E-state index contributed by atoms with van der Waals surface area (Å²) in [5, 5.41) is 13.0. The molecule has 0 aliphatic heterocycles. The fourth-order valence-corrected chi connectivity index (χ4v) is 1.56. The van der Waals surface area contributed by atoms with Crippen LogP contribution in [0, 0.1) is 0 Å². The van der Waals surface area contributed by atoms with Crippen LogP contribution in [0.2, 0.25) is 0 Å². The van der Waals surface area contributed by atoms with Gasteiger partial charge < -0.3 is 15.7 Å². The highest BCUT2D eigenvalue weighted by Crippen LogP contribution is 2.49. The SMILES string of the molecule is O=C(NCCCl)Nc1ccc(C(F)(F)C(O)(F)C(F)(F)F)cc1. The first-order valence-corrected chi connectivity index (χ1v) is 6.54. The van der Waals surface area contributed by atoms with E-state index in [-0.39, 0.29) is 18.1 Å². The van der Waals surface area contributed by atoms with Crippen LogP contribution < -0.4 is 10.6 Å². The van der Waals surface area contributed by atoms with Crippen molar-refractivity contribution in [1.82, 2.24) is 5.32 Å². The van der Waals surface area contributed by atoms with Crippen LogP contribution in [0.3, 0.4) is 0 Å². The van der Waals surface area contributed by atoms with Gasteiger partial charge in [0.1, 0.15) is 0 Å². The molecule has 0 bridgehead atoms. The lowest BCUT2D eigenvalue weighted by molar-refractivity contribution is -0.390. The third-order valence-electron chi connectivity index (χ3n) is 2.68. The molecule has 1 rings (SSSR count). The minimum Gasteiger partial charge on any atom is -0.350 e. The molecule has 2 amide bonds. The summed E-state index contributed by atoms with van der Waals surface area (Å²) >= 11 is 5.32. The highest BCUT2D eigenvalue weighted by atomic mass is 35.5. The van der Waals surface area contributed by atoms with E-state index < -0.39 is 29.5 Å². The van der Waals surface area contributed by atoms with Crippen molar-refractivity contribution in [3.63, 3.8) is 0 Å². The van der Waals surface area contributed by atoms with Gasteiger partial charge in [0.05, 0.1) is 0 Å². The van der Waals surface area contributed by atoms with Crippen LogP contribution in [-0.2, 0) is 5.92 Å². The Kier molecular flexibility index (Phi) is 5.75. The van der Waals surface area contributed by atoms with Crippen LogP contribution >= 0.6 is 11.6 Å². The molecule has 0 saturated heterocycles. The average molecular weight is 365 g/mol. The monoisotopic (exact) mass is 364 g/mol. The third kappa shape index (κ3) is 4.20. The molecule has 0 radical (unpaired) electrons. The Morgan fingerprint density at radius 1 is 1.09 bits per heavy atom. The lowest BCUT2D eigenvalue weighted by atomic mass is 10.0. The molecule has 0 aromatic heterocycles. The second-order valence-corrected chi connectivity index (χ2v) is 4.72. The fraction of sp³-hybridized carbons (Fsp3) is 0.417. The Bertz CT molecular complexity index is 547. The average Bonchev–Trinajstić information content (AvgIpc) is 2.44. The van der Waals surface area contributed by atoms with Crippen molar-refractivity contribution in [3.8, 4) is 0 Å². The predicted molar refractivity (Wildman–Crippen MR) is 70.2 cm³/mol. The number of carbonyl (C=O) groups is 1. The first kappa shape index (κ1) is 19.4. The van der Waals surface area contributed by atoms with E-state index in [4.69, 9.17) is 16.7 Å². The number of benzene rings is 1. The summed E-state index contributed by atoms with van der Waals surface area (Å²) in [5.74, 6) is -10.8. The van der Waals surface area contributed by atoms with E-state index in [0.29, 0.717) is 12.1 Å². The zero-order valence-corrected chi connectivity index (χ0v) is 12.0. The molecule has 0 aliphatic rings. The maximum Gasteiger partial charge on any atom is 0.455 e. The molecule has 4 nitrogen and oxygen atoms in total. The molecule has 23 heavy (non-hydrogen) atoms. The Hall–Kier alpha value is -1.68. The molecule has 0 saturated carbocycles. The normalized spacial score (nSPS) is 15.0. The van der Waals surface area contributed by atoms with Gasteiger partial charge in [-0.05, 0) is 12.1 Å². The Morgan fingerprint density at radius 3 is 2.04 bits per heavy atom. The highest BCUT2D eigenvalue weighted by molar-refractivity contribution is 6.18. The molecule has 1 aromatic rings. The third-order valence-corrected chi connectivity index (χ3v) is 2.87. The number of aliphatic hydroxyl groups is 1. The second-order valence-electron chi connectivity index (χ2n) is 4.34. The summed E-state index contributed by atoms with van der Waals surface area (Å²) < 4.78 is 76.8. The van der Waals surface area contributed by atoms with Crippen LogP contribution in [0.25, 0.3) is 0 Å². The van der Waals surface area contributed by atoms with E-state index in [0.717, 1.165) is 12.1 Å². The number of halogens is 7. The Labute approximate surface area is 131 Å². The molecule has 3 N–H and O–H groups in total. The number of anilines is 1. The van der Waals surface area contributed by atoms with Crippen molar-refractivity contribution in [2.75, 3.05) is 17.7 Å². The van der Waals surface area contributed by atoms with Gasteiger partial charge in [-0.2, -0.15) is 26.3 Å². The van der Waals surface area contributed by atoms with Gasteiger partial charge in [-0.15, -0.1) is 11.6 Å². The molecule has 0 heterocycles. The first-order valence-electron chi connectivity index (χ1n) is 6.00. The van der Waals surface area contributed by atoms with Crippen molar-refractivity contribution in [2.45, 2.75) is 18.0 Å². The first-order chi connectivity index (χ1) is 10.4. The maximum atomic E-state index is 13.5. The van der Waals surface area contributed by atoms with Crippen LogP contribution in [0.1, 0.15) is 5.56 Å². The maximum absolute atomic E-state index is 13.5. The summed E-state index contributed by atoms with van der Waals surface area (Å²) in [5.41, 5.74) is -1.45. The molecule has 0 spiro atoms. The largest absolute Gasteiger partial charge is 0.455 e. The number of alkyl halides is 7. The molecule has 1 unspecified atom stereocenters. The van der Waals surface area contributed by atoms with Gasteiger partial charge in [0.2, 0.25) is 0 Å². The van der Waals surface area contributed by atoms with Crippen molar-refractivity contribution >= 4 is 23.3 Å². The summed E-state index contributed by atoms with van der Waals surface area (Å²) in [6.45, 7) is 0.129.